The van der Waals surface area contributed by atoms with Crippen molar-refractivity contribution >= 4 is 5.82 Å². The van der Waals surface area contributed by atoms with Crippen molar-refractivity contribution in [3.63, 3.8) is 0 Å². The first-order valence-corrected chi connectivity index (χ1v) is 5.99. The molecule has 0 aliphatic rings. The van der Waals surface area contributed by atoms with Crippen molar-refractivity contribution < 1.29 is 4.74 Å². The van der Waals surface area contributed by atoms with E-state index < -0.39 is 0 Å². The molecule has 4 nitrogen and oxygen atoms in total. The second kappa shape index (κ2) is 6.12. The molecule has 0 unspecified atom stereocenters. The zero-order valence-electron chi connectivity index (χ0n) is 10.7. The molecule has 0 spiro atoms. The van der Waals surface area contributed by atoms with E-state index in [0.717, 1.165) is 29.2 Å². The molecule has 0 atom stereocenters. The fraction of sp³-hybridized carbons (Fsp3) is 0.286. The first-order valence-electron chi connectivity index (χ1n) is 5.99. The average molecular weight is 243 g/mol. The molecule has 1 aromatic heterocycles. The summed E-state index contributed by atoms with van der Waals surface area (Å²) in [6.45, 7) is 3.43. The van der Waals surface area contributed by atoms with Crippen molar-refractivity contribution in [1.82, 2.24) is 9.97 Å². The smallest absolute Gasteiger partial charge is 0.152 e. The molecule has 2 aromatic rings. The van der Waals surface area contributed by atoms with Crippen LogP contribution in [-0.4, -0.2) is 23.6 Å². The van der Waals surface area contributed by atoms with E-state index in [1.165, 1.54) is 0 Å². The lowest BCUT2D eigenvalue weighted by atomic mass is 10.0. The summed E-state index contributed by atoms with van der Waals surface area (Å²) in [5.74, 6) is 0.809. The fourth-order valence-corrected chi connectivity index (χ4v) is 1.86. The van der Waals surface area contributed by atoms with E-state index >= 15 is 0 Å². The van der Waals surface area contributed by atoms with Gasteiger partial charge in [-0.2, -0.15) is 0 Å². The molecule has 1 heterocycles. The van der Waals surface area contributed by atoms with Gasteiger partial charge in [-0.1, -0.05) is 24.3 Å². The molecule has 0 saturated carbocycles. The zero-order valence-corrected chi connectivity index (χ0v) is 10.7. The van der Waals surface area contributed by atoms with Crippen LogP contribution in [0.1, 0.15) is 12.5 Å². The summed E-state index contributed by atoms with van der Waals surface area (Å²) in [6.07, 6.45) is 3.40. The average Bonchev–Trinajstić information content (AvgIpc) is 2.41. The third kappa shape index (κ3) is 2.65. The third-order valence-corrected chi connectivity index (χ3v) is 2.61. The highest BCUT2D eigenvalue weighted by Crippen LogP contribution is 2.27. The Balaban J connectivity index is 2.47. The van der Waals surface area contributed by atoms with Gasteiger partial charge in [-0.25, -0.2) is 4.98 Å². The van der Waals surface area contributed by atoms with E-state index in [4.69, 9.17) is 4.74 Å². The summed E-state index contributed by atoms with van der Waals surface area (Å²) in [4.78, 5) is 8.76. The summed E-state index contributed by atoms with van der Waals surface area (Å²) >= 11 is 0. The summed E-state index contributed by atoms with van der Waals surface area (Å²) in [6, 6.07) is 8.09. The van der Waals surface area contributed by atoms with Gasteiger partial charge in [0.1, 0.15) is 5.69 Å². The number of hydrogen-bond donors (Lipinski definition) is 1. The first-order chi connectivity index (χ1) is 8.86. The van der Waals surface area contributed by atoms with Gasteiger partial charge in [-0.3, -0.25) is 4.98 Å². The van der Waals surface area contributed by atoms with Gasteiger partial charge in [0.25, 0.3) is 0 Å². The normalized spacial score (nSPS) is 10.3. The fourth-order valence-electron chi connectivity index (χ4n) is 1.86. The molecule has 0 saturated heterocycles. The predicted molar refractivity (Wildman–Crippen MR) is 72.3 cm³/mol. The van der Waals surface area contributed by atoms with Crippen LogP contribution < -0.4 is 5.32 Å². The Hall–Kier alpha value is -1.94. The van der Waals surface area contributed by atoms with Crippen molar-refractivity contribution in [2.45, 2.75) is 13.5 Å². The third-order valence-electron chi connectivity index (χ3n) is 2.61. The minimum atomic E-state index is 0.568. The molecule has 1 N–H and O–H groups in total. The predicted octanol–water partition coefficient (Wildman–Crippen LogP) is 2.72. The van der Waals surface area contributed by atoms with Crippen molar-refractivity contribution in [3.8, 4) is 11.3 Å². The SMILES string of the molecule is CCNc1nccnc1-c1ccccc1COC. The van der Waals surface area contributed by atoms with E-state index in [9.17, 15) is 0 Å². The maximum atomic E-state index is 5.22. The molecule has 0 radical (unpaired) electrons. The highest BCUT2D eigenvalue weighted by Gasteiger charge is 2.10. The Kier molecular flexibility index (Phi) is 4.25. The molecule has 18 heavy (non-hydrogen) atoms. The number of ether oxygens (including phenoxy) is 1. The van der Waals surface area contributed by atoms with Gasteiger partial charge in [0.2, 0.25) is 0 Å². The highest BCUT2D eigenvalue weighted by atomic mass is 16.5. The largest absolute Gasteiger partial charge is 0.380 e. The van der Waals surface area contributed by atoms with Gasteiger partial charge in [0.05, 0.1) is 6.61 Å². The van der Waals surface area contributed by atoms with Crippen molar-refractivity contribution in [2.24, 2.45) is 0 Å². The topological polar surface area (TPSA) is 47.0 Å². The molecule has 0 aliphatic carbocycles. The van der Waals surface area contributed by atoms with E-state index in [0.29, 0.717) is 6.61 Å². The molecule has 0 aliphatic heterocycles. The molecule has 0 fully saturated rings. The van der Waals surface area contributed by atoms with Crippen LogP contribution in [-0.2, 0) is 11.3 Å². The Labute approximate surface area is 107 Å². The van der Waals surface area contributed by atoms with Crippen LogP contribution >= 0.6 is 0 Å². The van der Waals surface area contributed by atoms with Crippen LogP contribution in [0.2, 0.25) is 0 Å². The monoisotopic (exact) mass is 243 g/mol. The maximum absolute atomic E-state index is 5.22. The quantitative estimate of drug-likeness (QED) is 0.877. The number of benzene rings is 1. The minimum Gasteiger partial charge on any atom is -0.380 e. The molecule has 1 aromatic carbocycles. The lowest BCUT2D eigenvalue weighted by Gasteiger charge is -2.11. The standard InChI is InChI=1S/C14H17N3O/c1-3-15-14-13(16-8-9-17-14)12-7-5-4-6-11(12)10-18-2/h4-9H,3,10H2,1-2H3,(H,15,17). The van der Waals surface area contributed by atoms with Gasteiger partial charge < -0.3 is 10.1 Å². The van der Waals surface area contributed by atoms with Crippen LogP contribution in [0.25, 0.3) is 11.3 Å². The van der Waals surface area contributed by atoms with Crippen molar-refractivity contribution in [2.75, 3.05) is 19.0 Å². The number of nitrogens with zero attached hydrogens (tertiary/aromatic N) is 2. The minimum absolute atomic E-state index is 0.568. The number of methoxy groups -OCH3 is 1. The molecular weight excluding hydrogens is 226 g/mol. The van der Waals surface area contributed by atoms with Crippen LogP contribution in [0, 0.1) is 0 Å². The second-order valence-electron chi connectivity index (χ2n) is 3.87. The van der Waals surface area contributed by atoms with Crippen LogP contribution in [0.3, 0.4) is 0 Å². The summed E-state index contributed by atoms with van der Waals surface area (Å²) in [7, 11) is 1.69. The summed E-state index contributed by atoms with van der Waals surface area (Å²) in [5.41, 5.74) is 3.04. The van der Waals surface area contributed by atoms with Crippen molar-refractivity contribution in [3.05, 3.63) is 42.2 Å². The Bertz CT molecular complexity index is 466. The lowest BCUT2D eigenvalue weighted by molar-refractivity contribution is 0.185. The number of nitrogens with one attached hydrogen (secondary N) is 1. The first kappa shape index (κ1) is 12.5. The Morgan fingerprint density at radius 3 is 2.72 bits per heavy atom. The second-order valence-corrected chi connectivity index (χ2v) is 3.87. The number of aromatic nitrogens is 2. The van der Waals surface area contributed by atoms with Gasteiger partial charge >= 0.3 is 0 Å². The number of anilines is 1. The molecular formula is C14H17N3O. The summed E-state index contributed by atoms with van der Waals surface area (Å²) in [5, 5.41) is 3.23. The van der Waals surface area contributed by atoms with Gasteiger partial charge in [-0.05, 0) is 12.5 Å². The Morgan fingerprint density at radius 2 is 1.94 bits per heavy atom. The van der Waals surface area contributed by atoms with E-state index in [-0.39, 0.29) is 0 Å². The van der Waals surface area contributed by atoms with E-state index in [1.807, 2.05) is 31.2 Å². The number of hydrogen-bond acceptors (Lipinski definition) is 4. The van der Waals surface area contributed by atoms with E-state index in [1.54, 1.807) is 19.5 Å². The van der Waals surface area contributed by atoms with E-state index in [2.05, 4.69) is 15.3 Å². The van der Waals surface area contributed by atoms with Gasteiger partial charge in [0, 0.05) is 31.6 Å². The Morgan fingerprint density at radius 1 is 1.17 bits per heavy atom. The van der Waals surface area contributed by atoms with Crippen LogP contribution in [0.5, 0.6) is 0 Å². The molecule has 94 valence electrons. The van der Waals surface area contributed by atoms with Crippen molar-refractivity contribution in [1.29, 1.82) is 0 Å². The zero-order chi connectivity index (χ0) is 12.8. The number of rotatable bonds is 5. The van der Waals surface area contributed by atoms with Crippen LogP contribution in [0.4, 0.5) is 5.82 Å². The maximum Gasteiger partial charge on any atom is 0.152 e. The molecule has 0 amide bonds. The van der Waals surface area contributed by atoms with Crippen LogP contribution in [0.15, 0.2) is 36.7 Å². The molecule has 4 heteroatoms. The summed E-state index contributed by atoms with van der Waals surface area (Å²) < 4.78 is 5.22. The van der Waals surface area contributed by atoms with Gasteiger partial charge in [-0.15, -0.1) is 0 Å². The lowest BCUT2D eigenvalue weighted by Crippen LogP contribution is -2.03. The molecule has 0 bridgehead atoms. The molecule has 2 rings (SSSR count). The van der Waals surface area contributed by atoms with Gasteiger partial charge in [0.15, 0.2) is 5.82 Å². The highest BCUT2D eigenvalue weighted by molar-refractivity contribution is 5.73.